The summed E-state index contributed by atoms with van der Waals surface area (Å²) < 4.78 is 0. The van der Waals surface area contributed by atoms with Gasteiger partial charge in [-0.05, 0) is 29.8 Å². The lowest BCUT2D eigenvalue weighted by Gasteiger charge is -2.20. The van der Waals surface area contributed by atoms with Gasteiger partial charge >= 0.3 is 5.97 Å². The van der Waals surface area contributed by atoms with E-state index in [9.17, 15) is 14.7 Å². The topological polar surface area (TPSA) is 145 Å². The number of anilines is 1. The van der Waals surface area contributed by atoms with E-state index in [1.165, 1.54) is 6.33 Å². The zero-order valence-corrected chi connectivity index (χ0v) is 17.9. The van der Waals surface area contributed by atoms with Gasteiger partial charge in [-0.25, -0.2) is 9.97 Å². The molecule has 5 N–H and O–H groups in total. The van der Waals surface area contributed by atoms with Crippen LogP contribution in [0.1, 0.15) is 33.9 Å². The lowest BCUT2D eigenvalue weighted by molar-refractivity contribution is -0.137. The van der Waals surface area contributed by atoms with Crippen LogP contribution < -0.4 is 11.1 Å². The molecule has 0 saturated carbocycles. The van der Waals surface area contributed by atoms with Gasteiger partial charge in [-0.3, -0.25) is 15.0 Å². The first-order chi connectivity index (χ1) is 15.4. The van der Waals surface area contributed by atoms with Crippen molar-refractivity contribution in [3.63, 3.8) is 0 Å². The van der Waals surface area contributed by atoms with Crippen molar-refractivity contribution in [3.05, 3.63) is 65.5 Å². The van der Waals surface area contributed by atoms with Gasteiger partial charge in [-0.1, -0.05) is 18.2 Å². The van der Waals surface area contributed by atoms with Crippen molar-refractivity contribution < 1.29 is 14.7 Å². The van der Waals surface area contributed by atoms with Gasteiger partial charge in [0, 0.05) is 28.8 Å². The molecule has 0 radical (unpaired) electrons. The molecule has 1 saturated heterocycles. The van der Waals surface area contributed by atoms with Crippen molar-refractivity contribution in [2.45, 2.75) is 12.5 Å². The molecule has 0 bridgehead atoms. The third-order valence-electron chi connectivity index (χ3n) is 5.21. The highest BCUT2D eigenvalue weighted by atomic mass is 32.2. The standard InChI is InChI=1S/C22H22N6O3S/c23-20(24)14-3-1-2-13(8-14)17(10-19(29)30)27-21-16-5-4-15(9-18(16)25-11-26-21)22(31)28-6-7-32-12-28/h1-5,8-9,11,17H,6-7,10,12H2,(H3,23,24)(H,29,30)(H,25,26,27). The van der Waals surface area contributed by atoms with Crippen LogP contribution in [0.2, 0.25) is 0 Å². The van der Waals surface area contributed by atoms with Crippen LogP contribution in [0.3, 0.4) is 0 Å². The lowest BCUT2D eigenvalue weighted by atomic mass is 10.0. The number of nitrogens with two attached hydrogens (primary N) is 1. The fourth-order valence-corrected chi connectivity index (χ4v) is 4.52. The summed E-state index contributed by atoms with van der Waals surface area (Å²) in [6.07, 6.45) is 1.19. The molecule has 9 nitrogen and oxygen atoms in total. The predicted molar refractivity (Wildman–Crippen MR) is 124 cm³/mol. The second-order valence-electron chi connectivity index (χ2n) is 7.39. The third-order valence-corrected chi connectivity index (χ3v) is 6.18. The average molecular weight is 451 g/mol. The molecule has 3 aromatic rings. The zero-order chi connectivity index (χ0) is 22.7. The van der Waals surface area contributed by atoms with Gasteiger partial charge in [-0.15, -0.1) is 11.8 Å². The number of amidine groups is 1. The minimum Gasteiger partial charge on any atom is -0.481 e. The van der Waals surface area contributed by atoms with Crippen LogP contribution in [0.5, 0.6) is 0 Å². The van der Waals surface area contributed by atoms with E-state index in [0.717, 1.165) is 12.3 Å². The summed E-state index contributed by atoms with van der Waals surface area (Å²) in [6, 6.07) is 11.5. The first kappa shape index (κ1) is 21.6. The number of fused-ring (bicyclic) bond motifs is 1. The molecule has 0 spiro atoms. The maximum atomic E-state index is 12.7. The predicted octanol–water partition coefficient (Wildman–Crippen LogP) is 2.69. The number of rotatable bonds is 7. The Bertz CT molecular complexity index is 1200. The minimum absolute atomic E-state index is 0.0326. The van der Waals surface area contributed by atoms with Gasteiger partial charge in [-0.2, -0.15) is 0 Å². The fraction of sp³-hybridized carbons (Fsp3) is 0.227. The van der Waals surface area contributed by atoms with Crippen LogP contribution in [0.4, 0.5) is 5.82 Å². The van der Waals surface area contributed by atoms with Gasteiger partial charge in [0.15, 0.2) is 0 Å². The Hall–Kier alpha value is -3.66. The number of benzene rings is 2. The normalized spacial score (nSPS) is 14.3. The summed E-state index contributed by atoms with van der Waals surface area (Å²) in [5, 5.41) is 21.0. The molecule has 1 amide bonds. The number of amides is 1. The average Bonchev–Trinajstić information content (AvgIpc) is 3.32. The van der Waals surface area contributed by atoms with E-state index < -0.39 is 12.0 Å². The molecular weight excluding hydrogens is 428 g/mol. The summed E-state index contributed by atoms with van der Waals surface area (Å²) in [5.74, 6) is 0.974. The van der Waals surface area contributed by atoms with Crippen molar-refractivity contribution in [1.29, 1.82) is 5.41 Å². The smallest absolute Gasteiger partial charge is 0.305 e. The monoisotopic (exact) mass is 450 g/mol. The van der Waals surface area contributed by atoms with Gasteiger partial charge in [0.25, 0.3) is 5.91 Å². The number of hydrogen-bond acceptors (Lipinski definition) is 7. The summed E-state index contributed by atoms with van der Waals surface area (Å²) in [5.41, 5.74) is 7.92. The van der Waals surface area contributed by atoms with Crippen LogP contribution in [0.25, 0.3) is 10.9 Å². The molecule has 1 aliphatic rings. The highest BCUT2D eigenvalue weighted by Gasteiger charge is 2.22. The molecular formula is C22H22N6O3S. The summed E-state index contributed by atoms with van der Waals surface area (Å²) >= 11 is 1.72. The van der Waals surface area contributed by atoms with Crippen molar-refractivity contribution in [3.8, 4) is 0 Å². The molecule has 1 aromatic heterocycles. The second-order valence-corrected chi connectivity index (χ2v) is 8.47. The van der Waals surface area contributed by atoms with E-state index in [4.69, 9.17) is 11.1 Å². The highest BCUT2D eigenvalue weighted by molar-refractivity contribution is 7.99. The molecule has 1 fully saturated rings. The maximum absolute atomic E-state index is 12.7. The number of nitrogen functional groups attached to an aromatic ring is 1. The molecule has 32 heavy (non-hydrogen) atoms. The van der Waals surface area contributed by atoms with E-state index >= 15 is 0 Å². The Labute approximate surface area is 188 Å². The number of thioether (sulfide) groups is 1. The number of aliphatic carboxylic acids is 1. The molecule has 2 aromatic carbocycles. The number of carbonyl (C=O) groups is 2. The first-order valence-electron chi connectivity index (χ1n) is 9.97. The molecule has 1 atom stereocenters. The number of carboxylic acid groups (broad SMARTS) is 1. The van der Waals surface area contributed by atoms with Crippen LogP contribution >= 0.6 is 11.8 Å². The van der Waals surface area contributed by atoms with E-state index in [2.05, 4.69) is 15.3 Å². The Balaban J connectivity index is 1.66. The SMILES string of the molecule is N=C(N)c1cccc(C(CC(=O)O)Nc2ncnc3cc(C(=O)N4CCSC4)ccc23)c1. The molecule has 1 aliphatic heterocycles. The summed E-state index contributed by atoms with van der Waals surface area (Å²) in [4.78, 5) is 34.6. The Kier molecular flexibility index (Phi) is 6.22. The minimum atomic E-state index is -0.981. The van der Waals surface area contributed by atoms with E-state index in [1.54, 1.807) is 59.1 Å². The molecule has 0 aliphatic carbocycles. The molecule has 4 rings (SSSR count). The molecule has 164 valence electrons. The van der Waals surface area contributed by atoms with Crippen molar-refractivity contribution >= 4 is 46.2 Å². The quantitative estimate of drug-likeness (QED) is 0.317. The van der Waals surface area contributed by atoms with E-state index in [0.29, 0.717) is 39.3 Å². The Morgan fingerprint density at radius 2 is 2.06 bits per heavy atom. The van der Waals surface area contributed by atoms with E-state index in [1.807, 2.05) is 0 Å². The zero-order valence-electron chi connectivity index (χ0n) is 17.1. The Morgan fingerprint density at radius 1 is 1.22 bits per heavy atom. The van der Waals surface area contributed by atoms with Crippen molar-refractivity contribution in [2.75, 3.05) is 23.5 Å². The maximum Gasteiger partial charge on any atom is 0.305 e. The first-order valence-corrected chi connectivity index (χ1v) is 11.1. The lowest BCUT2D eigenvalue weighted by Crippen LogP contribution is -2.27. The van der Waals surface area contributed by atoms with Crippen LogP contribution in [0, 0.1) is 5.41 Å². The number of carboxylic acids is 1. The largest absolute Gasteiger partial charge is 0.481 e. The van der Waals surface area contributed by atoms with Crippen molar-refractivity contribution in [1.82, 2.24) is 14.9 Å². The number of aromatic nitrogens is 2. The molecule has 1 unspecified atom stereocenters. The number of hydrogen-bond donors (Lipinski definition) is 4. The van der Waals surface area contributed by atoms with E-state index in [-0.39, 0.29) is 18.2 Å². The molecule has 10 heteroatoms. The van der Waals surface area contributed by atoms with Crippen LogP contribution in [-0.4, -0.2) is 55.9 Å². The van der Waals surface area contributed by atoms with Crippen LogP contribution in [0.15, 0.2) is 48.8 Å². The van der Waals surface area contributed by atoms with Gasteiger partial charge in [0.05, 0.1) is 23.9 Å². The number of nitrogens with one attached hydrogen (secondary N) is 2. The molecule has 2 heterocycles. The number of nitrogens with zero attached hydrogens (tertiary/aromatic N) is 3. The van der Waals surface area contributed by atoms with Gasteiger partial charge in [0.1, 0.15) is 18.0 Å². The van der Waals surface area contributed by atoms with Crippen LogP contribution in [-0.2, 0) is 4.79 Å². The van der Waals surface area contributed by atoms with Gasteiger partial charge in [0.2, 0.25) is 0 Å². The van der Waals surface area contributed by atoms with Gasteiger partial charge < -0.3 is 21.1 Å². The van der Waals surface area contributed by atoms with Crippen molar-refractivity contribution in [2.24, 2.45) is 5.73 Å². The Morgan fingerprint density at radius 3 is 2.78 bits per heavy atom. The summed E-state index contributed by atoms with van der Waals surface area (Å²) in [7, 11) is 0. The summed E-state index contributed by atoms with van der Waals surface area (Å²) in [6.45, 7) is 0.730. The fourth-order valence-electron chi connectivity index (χ4n) is 3.58. The second kappa shape index (κ2) is 9.23. The highest BCUT2D eigenvalue weighted by Crippen LogP contribution is 2.28. The number of carbonyl (C=O) groups excluding carboxylic acids is 1. The third kappa shape index (κ3) is 4.65.